The molecule has 122 valence electrons. The number of aryl methyl sites for hydroxylation is 1. The van der Waals surface area contributed by atoms with Crippen LogP contribution in [-0.4, -0.2) is 20.5 Å². The molecule has 2 aromatic rings. The monoisotopic (exact) mass is 341 g/mol. The van der Waals surface area contributed by atoms with Crippen LogP contribution in [-0.2, 0) is 7.05 Å². The van der Waals surface area contributed by atoms with Crippen molar-refractivity contribution in [2.75, 3.05) is 0 Å². The Bertz CT molecular complexity index is 890. The van der Waals surface area contributed by atoms with Crippen molar-refractivity contribution in [2.45, 2.75) is 20.0 Å². The van der Waals surface area contributed by atoms with Crippen molar-refractivity contribution in [3.63, 3.8) is 0 Å². The number of rotatable bonds is 4. The SMILES string of the molecule is CC(C)Oc1c(Cl)c(=O)n(C)c2c([N+](=O)[O-])cc([N+](=O)[O-])cc12. The number of nitrogens with zero attached hydrogens (tertiary/aromatic N) is 3. The first kappa shape index (κ1) is 16.7. The maximum atomic E-state index is 12.2. The summed E-state index contributed by atoms with van der Waals surface area (Å²) in [5.41, 5.74) is -1.84. The molecule has 0 aliphatic heterocycles. The van der Waals surface area contributed by atoms with Crippen molar-refractivity contribution in [1.82, 2.24) is 4.57 Å². The molecule has 0 amide bonds. The van der Waals surface area contributed by atoms with Crippen molar-refractivity contribution in [3.05, 3.63) is 47.7 Å². The highest BCUT2D eigenvalue weighted by molar-refractivity contribution is 6.33. The topological polar surface area (TPSA) is 118 Å². The fourth-order valence-corrected chi connectivity index (χ4v) is 2.46. The molecule has 0 N–H and O–H groups in total. The van der Waals surface area contributed by atoms with Crippen LogP contribution in [0.25, 0.3) is 10.9 Å². The second-order valence-electron chi connectivity index (χ2n) is 5.05. The van der Waals surface area contributed by atoms with E-state index in [9.17, 15) is 25.0 Å². The molecule has 0 aliphatic carbocycles. The smallest absolute Gasteiger partial charge is 0.300 e. The van der Waals surface area contributed by atoms with Crippen molar-refractivity contribution in [2.24, 2.45) is 7.05 Å². The van der Waals surface area contributed by atoms with E-state index in [0.717, 1.165) is 16.7 Å². The summed E-state index contributed by atoms with van der Waals surface area (Å²) in [7, 11) is 1.30. The van der Waals surface area contributed by atoms with Gasteiger partial charge in [0, 0.05) is 13.1 Å². The number of pyridine rings is 1. The highest BCUT2D eigenvalue weighted by atomic mass is 35.5. The largest absolute Gasteiger partial charge is 0.489 e. The average Bonchev–Trinajstić information content (AvgIpc) is 2.47. The zero-order valence-electron chi connectivity index (χ0n) is 12.4. The normalized spacial score (nSPS) is 11.0. The first-order valence-corrected chi connectivity index (χ1v) is 6.84. The van der Waals surface area contributed by atoms with Crippen LogP contribution in [0.4, 0.5) is 11.4 Å². The third-order valence-corrected chi connectivity index (χ3v) is 3.44. The Hall–Kier alpha value is -2.68. The molecule has 1 aromatic heterocycles. The van der Waals surface area contributed by atoms with Gasteiger partial charge in [-0.15, -0.1) is 0 Å². The average molecular weight is 342 g/mol. The van der Waals surface area contributed by atoms with Gasteiger partial charge >= 0.3 is 5.69 Å². The molecule has 1 aromatic carbocycles. The molecular formula is C13H12ClN3O6. The number of nitro benzene ring substituents is 2. The van der Waals surface area contributed by atoms with Crippen LogP contribution in [0.15, 0.2) is 16.9 Å². The van der Waals surface area contributed by atoms with Gasteiger partial charge in [0.05, 0.1) is 27.4 Å². The number of non-ortho nitro benzene ring substituents is 2. The molecule has 0 aliphatic rings. The number of fused-ring (bicyclic) bond motifs is 1. The van der Waals surface area contributed by atoms with E-state index in [2.05, 4.69) is 0 Å². The van der Waals surface area contributed by atoms with Crippen molar-refractivity contribution in [1.29, 1.82) is 0 Å². The molecule has 0 unspecified atom stereocenters. The first-order chi connectivity index (χ1) is 10.6. The lowest BCUT2D eigenvalue weighted by molar-refractivity contribution is -0.393. The van der Waals surface area contributed by atoms with Gasteiger partial charge in [0.15, 0.2) is 5.75 Å². The summed E-state index contributed by atoms with van der Waals surface area (Å²) in [5, 5.41) is 22.0. The van der Waals surface area contributed by atoms with E-state index in [1.54, 1.807) is 13.8 Å². The van der Waals surface area contributed by atoms with Gasteiger partial charge < -0.3 is 9.30 Å². The maximum absolute atomic E-state index is 12.2. The van der Waals surface area contributed by atoms with E-state index >= 15 is 0 Å². The van der Waals surface area contributed by atoms with E-state index in [4.69, 9.17) is 16.3 Å². The fourth-order valence-electron chi connectivity index (χ4n) is 2.19. The van der Waals surface area contributed by atoms with Crippen LogP contribution >= 0.6 is 11.6 Å². The van der Waals surface area contributed by atoms with Gasteiger partial charge in [0.25, 0.3) is 11.2 Å². The van der Waals surface area contributed by atoms with Crippen molar-refractivity contribution >= 4 is 33.9 Å². The zero-order chi connectivity index (χ0) is 17.5. The van der Waals surface area contributed by atoms with Crippen LogP contribution in [0.3, 0.4) is 0 Å². The molecule has 0 bridgehead atoms. The van der Waals surface area contributed by atoms with Crippen LogP contribution in [0, 0.1) is 20.2 Å². The molecule has 10 heteroatoms. The van der Waals surface area contributed by atoms with E-state index in [1.165, 1.54) is 7.05 Å². The minimum Gasteiger partial charge on any atom is -0.489 e. The summed E-state index contributed by atoms with van der Waals surface area (Å²) < 4.78 is 6.45. The van der Waals surface area contributed by atoms with Gasteiger partial charge in [0.1, 0.15) is 10.5 Å². The minimum absolute atomic E-state index is 0.0340. The number of halogens is 1. The summed E-state index contributed by atoms with van der Waals surface area (Å²) in [6.45, 7) is 3.34. The molecule has 0 fully saturated rings. The fraction of sp³-hybridized carbons (Fsp3) is 0.308. The molecule has 0 saturated carbocycles. The van der Waals surface area contributed by atoms with Crippen LogP contribution in [0.1, 0.15) is 13.8 Å². The highest BCUT2D eigenvalue weighted by Gasteiger charge is 2.27. The predicted octanol–water partition coefficient (Wildman–Crippen LogP) is 2.80. The quantitative estimate of drug-likeness (QED) is 0.623. The number of hydrogen-bond acceptors (Lipinski definition) is 6. The lowest BCUT2D eigenvalue weighted by Crippen LogP contribution is -2.21. The minimum atomic E-state index is -0.790. The number of ether oxygens (including phenoxy) is 1. The predicted molar refractivity (Wildman–Crippen MR) is 83.3 cm³/mol. The van der Waals surface area contributed by atoms with Gasteiger partial charge in [-0.05, 0) is 13.8 Å². The Morgan fingerprint density at radius 2 is 1.83 bits per heavy atom. The lowest BCUT2D eigenvalue weighted by Gasteiger charge is -2.15. The van der Waals surface area contributed by atoms with Gasteiger partial charge in [-0.25, -0.2) is 0 Å². The number of aromatic nitrogens is 1. The van der Waals surface area contributed by atoms with Crippen LogP contribution in [0.2, 0.25) is 5.02 Å². The van der Waals surface area contributed by atoms with Gasteiger partial charge in [-0.1, -0.05) is 11.6 Å². The van der Waals surface area contributed by atoms with E-state index in [1.807, 2.05) is 0 Å². The molecule has 9 nitrogen and oxygen atoms in total. The summed E-state index contributed by atoms with van der Waals surface area (Å²) >= 11 is 5.99. The molecule has 1 heterocycles. The van der Waals surface area contributed by atoms with Gasteiger partial charge in [-0.2, -0.15) is 0 Å². The Morgan fingerprint density at radius 3 is 2.30 bits per heavy atom. The first-order valence-electron chi connectivity index (χ1n) is 6.46. The van der Waals surface area contributed by atoms with Crippen molar-refractivity contribution < 1.29 is 14.6 Å². The lowest BCUT2D eigenvalue weighted by atomic mass is 10.1. The zero-order valence-corrected chi connectivity index (χ0v) is 13.2. The molecule has 2 rings (SSSR count). The summed E-state index contributed by atoms with van der Waals surface area (Å²) in [5.74, 6) is -0.105. The number of nitro groups is 2. The molecule has 0 spiro atoms. The second-order valence-corrected chi connectivity index (χ2v) is 5.43. The summed E-state index contributed by atoms with van der Waals surface area (Å²) in [4.78, 5) is 32.9. The number of benzene rings is 1. The summed E-state index contributed by atoms with van der Waals surface area (Å²) in [6.07, 6.45) is -0.388. The van der Waals surface area contributed by atoms with Crippen LogP contribution < -0.4 is 10.3 Å². The molecule has 0 atom stereocenters. The Labute approximate surface area is 134 Å². The van der Waals surface area contributed by atoms with Gasteiger partial charge in [-0.3, -0.25) is 25.0 Å². The molecule has 0 saturated heterocycles. The van der Waals surface area contributed by atoms with E-state index in [-0.39, 0.29) is 27.8 Å². The van der Waals surface area contributed by atoms with E-state index < -0.39 is 26.8 Å². The third-order valence-electron chi connectivity index (χ3n) is 3.11. The highest BCUT2D eigenvalue weighted by Crippen LogP contribution is 2.38. The molecule has 0 radical (unpaired) electrons. The molecule has 23 heavy (non-hydrogen) atoms. The van der Waals surface area contributed by atoms with Gasteiger partial charge in [0.2, 0.25) is 0 Å². The summed E-state index contributed by atoms with van der Waals surface area (Å²) in [6, 6.07) is 1.90. The molecular weight excluding hydrogens is 330 g/mol. The third kappa shape index (κ3) is 2.82. The Kier molecular flexibility index (Phi) is 4.24. The Balaban J connectivity index is 3.08. The maximum Gasteiger partial charge on any atom is 0.300 e. The Morgan fingerprint density at radius 1 is 1.22 bits per heavy atom. The second kappa shape index (κ2) is 5.84. The van der Waals surface area contributed by atoms with Crippen molar-refractivity contribution in [3.8, 4) is 5.75 Å². The standard InChI is InChI=1S/C13H12ClN3O6/c1-6(2)23-12-8-4-7(16(19)20)5-9(17(21)22)11(8)15(3)13(18)10(12)14/h4-6H,1-3H3. The van der Waals surface area contributed by atoms with Crippen LogP contribution in [0.5, 0.6) is 5.75 Å². The van der Waals surface area contributed by atoms with E-state index in [0.29, 0.717) is 0 Å². The number of hydrogen-bond donors (Lipinski definition) is 0.